The Morgan fingerprint density at radius 2 is 1.69 bits per heavy atom. The van der Waals surface area contributed by atoms with Gasteiger partial charge in [0, 0.05) is 36.5 Å². The molecule has 0 spiro atoms. The first-order valence-corrected chi connectivity index (χ1v) is 9.37. The van der Waals surface area contributed by atoms with Crippen LogP contribution >= 0.6 is 0 Å². The Labute approximate surface area is 154 Å². The van der Waals surface area contributed by atoms with Gasteiger partial charge >= 0.3 is 0 Å². The molecule has 138 valence electrons. The lowest BCUT2D eigenvalue weighted by atomic mass is 9.78. The van der Waals surface area contributed by atoms with E-state index in [1.54, 1.807) is 12.1 Å². The lowest BCUT2D eigenvalue weighted by Crippen LogP contribution is -2.64. The molecule has 0 saturated carbocycles. The Hall–Kier alpha value is -1.78. The third-order valence-electron chi connectivity index (χ3n) is 6.54. The van der Waals surface area contributed by atoms with E-state index in [-0.39, 0.29) is 35.1 Å². The molecule has 1 aliphatic carbocycles. The molecule has 1 heterocycles. The van der Waals surface area contributed by atoms with Crippen LogP contribution in [0.2, 0.25) is 0 Å². The smallest absolute Gasteiger partial charge is 0.123 e. The molecule has 26 heavy (non-hydrogen) atoms. The molecule has 1 saturated heterocycles. The minimum Gasteiger partial charge on any atom is -0.310 e. The monoisotopic (exact) mass is 356 g/mol. The van der Waals surface area contributed by atoms with Crippen molar-refractivity contribution in [1.82, 2.24) is 10.2 Å². The van der Waals surface area contributed by atoms with E-state index in [1.165, 1.54) is 17.7 Å². The number of nitrogens with one attached hydrogen (secondary N) is 1. The van der Waals surface area contributed by atoms with Crippen LogP contribution in [0, 0.1) is 11.6 Å². The van der Waals surface area contributed by atoms with Crippen LogP contribution in [0.1, 0.15) is 48.8 Å². The average Bonchev–Trinajstić information content (AvgIpc) is 2.96. The molecule has 0 aromatic heterocycles. The van der Waals surface area contributed by atoms with Crippen LogP contribution < -0.4 is 5.32 Å². The molecule has 0 amide bonds. The van der Waals surface area contributed by atoms with Crippen LogP contribution in [-0.4, -0.2) is 36.6 Å². The molecular formula is C22H26F2N2. The fourth-order valence-electron chi connectivity index (χ4n) is 4.82. The zero-order valence-electron chi connectivity index (χ0n) is 15.6. The Morgan fingerprint density at radius 3 is 2.42 bits per heavy atom. The van der Waals surface area contributed by atoms with Crippen LogP contribution in [0.3, 0.4) is 0 Å². The average molecular weight is 356 g/mol. The SMILES string of the molecule is CN1CCNC(C2CC(c3ccc(F)cc3)c3ccc(F)cc32)C1(C)C. The Morgan fingerprint density at radius 1 is 1.00 bits per heavy atom. The maximum Gasteiger partial charge on any atom is 0.123 e. The summed E-state index contributed by atoms with van der Waals surface area (Å²) in [4.78, 5) is 2.39. The Kier molecular flexibility index (Phi) is 4.36. The van der Waals surface area contributed by atoms with Gasteiger partial charge in [0.1, 0.15) is 11.6 Å². The molecule has 2 aliphatic rings. The number of fused-ring (bicyclic) bond motifs is 1. The first-order valence-electron chi connectivity index (χ1n) is 9.37. The molecule has 0 radical (unpaired) electrons. The maximum absolute atomic E-state index is 14.1. The summed E-state index contributed by atoms with van der Waals surface area (Å²) >= 11 is 0. The highest BCUT2D eigenvalue weighted by Gasteiger charge is 2.45. The van der Waals surface area contributed by atoms with Crippen LogP contribution in [0.5, 0.6) is 0 Å². The Balaban J connectivity index is 1.76. The molecule has 2 nitrogen and oxygen atoms in total. The zero-order valence-corrected chi connectivity index (χ0v) is 15.6. The van der Waals surface area contributed by atoms with E-state index in [0.29, 0.717) is 0 Å². The van der Waals surface area contributed by atoms with Crippen molar-refractivity contribution in [3.63, 3.8) is 0 Å². The van der Waals surface area contributed by atoms with Gasteiger partial charge in [0.25, 0.3) is 0 Å². The second kappa shape index (κ2) is 6.43. The quantitative estimate of drug-likeness (QED) is 0.865. The van der Waals surface area contributed by atoms with Gasteiger partial charge in [-0.05, 0) is 68.3 Å². The Bertz CT molecular complexity index is 800. The van der Waals surface area contributed by atoms with Gasteiger partial charge in [0.05, 0.1) is 0 Å². The molecule has 1 fully saturated rings. The molecule has 4 heteroatoms. The van der Waals surface area contributed by atoms with Crippen molar-refractivity contribution in [2.45, 2.75) is 43.7 Å². The highest BCUT2D eigenvalue weighted by molar-refractivity contribution is 5.46. The second-order valence-corrected chi connectivity index (χ2v) is 8.23. The van der Waals surface area contributed by atoms with E-state index < -0.39 is 0 Å². The molecule has 1 aliphatic heterocycles. The van der Waals surface area contributed by atoms with Gasteiger partial charge in [-0.1, -0.05) is 18.2 Å². The number of likely N-dealkylation sites (N-methyl/N-ethyl adjacent to an activating group) is 1. The summed E-state index contributed by atoms with van der Waals surface area (Å²) in [6, 6.07) is 12.2. The van der Waals surface area contributed by atoms with Crippen LogP contribution in [-0.2, 0) is 0 Å². The predicted molar refractivity (Wildman–Crippen MR) is 101 cm³/mol. The van der Waals surface area contributed by atoms with Gasteiger partial charge in [0.2, 0.25) is 0 Å². The summed E-state index contributed by atoms with van der Waals surface area (Å²) < 4.78 is 27.4. The van der Waals surface area contributed by atoms with Gasteiger partial charge in [-0.2, -0.15) is 0 Å². The number of nitrogens with zero attached hydrogens (tertiary/aromatic N) is 1. The van der Waals surface area contributed by atoms with Crippen molar-refractivity contribution in [3.05, 3.63) is 70.8 Å². The summed E-state index contributed by atoms with van der Waals surface area (Å²) in [6.07, 6.45) is 0.916. The fraction of sp³-hybridized carbons (Fsp3) is 0.455. The zero-order chi connectivity index (χ0) is 18.5. The number of halogens is 2. The maximum atomic E-state index is 14.1. The topological polar surface area (TPSA) is 15.3 Å². The highest BCUT2D eigenvalue weighted by Crippen LogP contribution is 2.49. The number of hydrogen-bond acceptors (Lipinski definition) is 2. The van der Waals surface area contributed by atoms with Crippen LogP contribution in [0.25, 0.3) is 0 Å². The van der Waals surface area contributed by atoms with Crippen molar-refractivity contribution in [3.8, 4) is 0 Å². The lowest BCUT2D eigenvalue weighted by molar-refractivity contribution is 0.0608. The third-order valence-corrected chi connectivity index (χ3v) is 6.54. The normalized spacial score (nSPS) is 28.1. The first kappa shape index (κ1) is 17.6. The fourth-order valence-corrected chi connectivity index (χ4v) is 4.82. The lowest BCUT2D eigenvalue weighted by Gasteiger charge is -2.49. The molecule has 2 aromatic carbocycles. The largest absolute Gasteiger partial charge is 0.310 e. The first-order chi connectivity index (χ1) is 12.4. The molecule has 3 unspecified atom stereocenters. The summed E-state index contributed by atoms with van der Waals surface area (Å²) in [7, 11) is 2.16. The van der Waals surface area contributed by atoms with E-state index in [4.69, 9.17) is 0 Å². The summed E-state index contributed by atoms with van der Waals surface area (Å²) in [5.74, 6) is 0.00402. The second-order valence-electron chi connectivity index (χ2n) is 8.23. The van der Waals surface area contributed by atoms with E-state index in [2.05, 4.69) is 31.1 Å². The summed E-state index contributed by atoms with van der Waals surface area (Å²) in [5.41, 5.74) is 3.35. The van der Waals surface area contributed by atoms with Crippen LogP contribution in [0.4, 0.5) is 8.78 Å². The summed E-state index contributed by atoms with van der Waals surface area (Å²) in [6.45, 7) is 6.46. The molecular weight excluding hydrogens is 330 g/mol. The molecule has 1 N–H and O–H groups in total. The molecule has 3 atom stereocenters. The highest BCUT2D eigenvalue weighted by atomic mass is 19.1. The summed E-state index contributed by atoms with van der Waals surface area (Å²) in [5, 5.41) is 3.70. The van der Waals surface area contributed by atoms with E-state index in [9.17, 15) is 8.78 Å². The van der Waals surface area contributed by atoms with Gasteiger partial charge in [-0.15, -0.1) is 0 Å². The molecule has 2 aromatic rings. The van der Waals surface area contributed by atoms with Crippen LogP contribution in [0.15, 0.2) is 42.5 Å². The minimum absolute atomic E-state index is 0.0236. The van der Waals surface area contributed by atoms with E-state index in [0.717, 1.165) is 30.6 Å². The van der Waals surface area contributed by atoms with Gasteiger partial charge < -0.3 is 5.32 Å². The standard InChI is InChI=1S/C22H26F2N2/c1-22(2)21(25-10-11-26(22)3)20-13-18(14-4-6-15(23)7-5-14)17-9-8-16(24)12-19(17)20/h4-9,12,18,20-21,25H,10-11,13H2,1-3H3. The number of piperazine rings is 1. The number of benzene rings is 2. The number of hydrogen-bond donors (Lipinski definition) is 1. The van der Waals surface area contributed by atoms with Gasteiger partial charge in [-0.3, -0.25) is 4.90 Å². The van der Waals surface area contributed by atoms with E-state index >= 15 is 0 Å². The van der Waals surface area contributed by atoms with Gasteiger partial charge in [-0.25, -0.2) is 8.78 Å². The van der Waals surface area contributed by atoms with E-state index in [1.807, 2.05) is 18.2 Å². The minimum atomic E-state index is -0.223. The number of rotatable bonds is 2. The van der Waals surface area contributed by atoms with Gasteiger partial charge in [0.15, 0.2) is 0 Å². The van der Waals surface area contributed by atoms with Crippen molar-refractivity contribution in [2.24, 2.45) is 0 Å². The van der Waals surface area contributed by atoms with Crippen molar-refractivity contribution in [1.29, 1.82) is 0 Å². The molecule has 0 bridgehead atoms. The van der Waals surface area contributed by atoms with Crippen molar-refractivity contribution < 1.29 is 8.78 Å². The van der Waals surface area contributed by atoms with Crippen molar-refractivity contribution >= 4 is 0 Å². The third kappa shape index (κ3) is 2.85. The predicted octanol–water partition coefficient (Wildman–Crippen LogP) is 4.27. The molecule has 4 rings (SSSR count). The van der Waals surface area contributed by atoms with Crippen molar-refractivity contribution in [2.75, 3.05) is 20.1 Å².